The molecular formula is C16H21N3OS. The van der Waals surface area contributed by atoms with E-state index in [4.69, 9.17) is 0 Å². The van der Waals surface area contributed by atoms with Crippen LogP contribution in [0.3, 0.4) is 0 Å². The van der Waals surface area contributed by atoms with Gasteiger partial charge >= 0.3 is 0 Å². The lowest BCUT2D eigenvalue weighted by atomic mass is 9.87. The van der Waals surface area contributed by atoms with Gasteiger partial charge < -0.3 is 4.90 Å². The normalized spacial score (nSPS) is 19.7. The van der Waals surface area contributed by atoms with Crippen LogP contribution in [-0.4, -0.2) is 34.1 Å². The third kappa shape index (κ3) is 2.75. The van der Waals surface area contributed by atoms with Crippen LogP contribution in [0.2, 0.25) is 0 Å². The maximum Gasteiger partial charge on any atom is 0.233 e. The summed E-state index contributed by atoms with van der Waals surface area (Å²) in [5, 5.41) is 9.11. The van der Waals surface area contributed by atoms with Gasteiger partial charge in [0.15, 0.2) is 0 Å². The summed E-state index contributed by atoms with van der Waals surface area (Å²) in [6.07, 6.45) is 3.95. The van der Waals surface area contributed by atoms with Crippen molar-refractivity contribution in [2.75, 3.05) is 13.1 Å². The number of thiophene rings is 1. The van der Waals surface area contributed by atoms with Crippen LogP contribution in [0, 0.1) is 0 Å². The van der Waals surface area contributed by atoms with E-state index in [0.717, 1.165) is 36.5 Å². The first-order valence-corrected chi connectivity index (χ1v) is 8.29. The molecule has 1 aliphatic rings. The minimum absolute atomic E-state index is 0.231. The van der Waals surface area contributed by atoms with Crippen LogP contribution < -0.4 is 0 Å². The van der Waals surface area contributed by atoms with Gasteiger partial charge in [0.25, 0.3) is 0 Å². The Morgan fingerprint density at radius 1 is 1.48 bits per heavy atom. The Balaban J connectivity index is 1.75. The van der Waals surface area contributed by atoms with Crippen molar-refractivity contribution in [1.82, 2.24) is 15.1 Å². The van der Waals surface area contributed by atoms with Crippen molar-refractivity contribution in [3.63, 3.8) is 0 Å². The molecule has 3 rings (SSSR count). The summed E-state index contributed by atoms with van der Waals surface area (Å²) in [7, 11) is 0. The van der Waals surface area contributed by atoms with Crippen molar-refractivity contribution in [3.05, 3.63) is 40.3 Å². The number of likely N-dealkylation sites (tertiary alicyclic amines) is 1. The van der Waals surface area contributed by atoms with E-state index < -0.39 is 5.41 Å². The van der Waals surface area contributed by atoms with Crippen LogP contribution in [0.5, 0.6) is 0 Å². The molecule has 0 aromatic carbocycles. The van der Waals surface area contributed by atoms with Gasteiger partial charge in [-0.15, -0.1) is 11.3 Å². The number of nitrogens with one attached hydrogen (secondary N) is 1. The van der Waals surface area contributed by atoms with E-state index >= 15 is 0 Å². The van der Waals surface area contributed by atoms with E-state index in [1.165, 1.54) is 0 Å². The van der Waals surface area contributed by atoms with Crippen molar-refractivity contribution in [3.8, 4) is 0 Å². The predicted octanol–water partition coefficient (Wildman–Crippen LogP) is 3.16. The highest BCUT2D eigenvalue weighted by Gasteiger charge is 2.36. The number of nitrogens with zero attached hydrogens (tertiary/aromatic N) is 2. The molecule has 3 heterocycles. The largest absolute Gasteiger partial charge is 0.341 e. The number of rotatable bonds is 3. The zero-order chi connectivity index (χ0) is 14.9. The molecule has 5 heteroatoms. The summed E-state index contributed by atoms with van der Waals surface area (Å²) in [5.74, 6) is 0.610. The van der Waals surface area contributed by atoms with Crippen molar-refractivity contribution in [2.45, 2.75) is 38.0 Å². The number of aromatic amines is 1. The molecule has 0 bridgehead atoms. The number of hydrogen-bond donors (Lipinski definition) is 1. The van der Waals surface area contributed by atoms with Crippen LogP contribution in [-0.2, 0) is 10.2 Å². The van der Waals surface area contributed by atoms with E-state index in [-0.39, 0.29) is 5.91 Å². The summed E-state index contributed by atoms with van der Waals surface area (Å²) >= 11 is 1.66. The number of amides is 1. The third-order valence-corrected chi connectivity index (χ3v) is 5.54. The number of aromatic nitrogens is 2. The molecule has 1 atom stereocenters. The molecular weight excluding hydrogens is 282 g/mol. The molecule has 0 unspecified atom stereocenters. The minimum Gasteiger partial charge on any atom is -0.341 e. The van der Waals surface area contributed by atoms with Crippen LogP contribution in [0.25, 0.3) is 0 Å². The Kier molecular flexibility index (Phi) is 3.85. The molecule has 0 spiro atoms. The van der Waals surface area contributed by atoms with Gasteiger partial charge in [-0.2, -0.15) is 5.10 Å². The van der Waals surface area contributed by atoms with E-state index in [9.17, 15) is 4.79 Å². The van der Waals surface area contributed by atoms with Crippen LogP contribution in [0.15, 0.2) is 29.8 Å². The molecule has 1 aliphatic heterocycles. The molecule has 1 fully saturated rings. The lowest BCUT2D eigenvalue weighted by Crippen LogP contribution is -2.47. The smallest absolute Gasteiger partial charge is 0.233 e. The molecule has 2 aromatic rings. The fourth-order valence-electron chi connectivity index (χ4n) is 3.04. The molecule has 0 aliphatic carbocycles. The summed E-state index contributed by atoms with van der Waals surface area (Å²) < 4.78 is 0. The van der Waals surface area contributed by atoms with Gasteiger partial charge in [0.05, 0.1) is 5.41 Å². The number of carbonyl (C=O) groups is 1. The van der Waals surface area contributed by atoms with Crippen LogP contribution >= 0.6 is 11.3 Å². The lowest BCUT2D eigenvalue weighted by Gasteiger charge is -2.37. The van der Waals surface area contributed by atoms with Crippen molar-refractivity contribution in [1.29, 1.82) is 0 Å². The Morgan fingerprint density at radius 2 is 2.33 bits per heavy atom. The molecule has 2 aromatic heterocycles. The van der Waals surface area contributed by atoms with E-state index in [0.29, 0.717) is 5.92 Å². The standard InChI is InChI=1S/C16H21N3OS/c1-16(2,14-6-4-10-21-14)15(20)19-9-3-5-12(11-19)13-7-8-17-18-13/h4,6-8,10,12H,3,5,9,11H2,1-2H3,(H,17,18)/t12-/m0/s1. The molecule has 0 radical (unpaired) electrons. The van der Waals surface area contributed by atoms with Gasteiger partial charge in [0, 0.05) is 35.8 Å². The Hall–Kier alpha value is -1.62. The fourth-order valence-corrected chi connectivity index (χ4v) is 3.89. The number of hydrogen-bond acceptors (Lipinski definition) is 3. The summed E-state index contributed by atoms with van der Waals surface area (Å²) in [6.45, 7) is 5.70. The van der Waals surface area contributed by atoms with E-state index in [2.05, 4.69) is 16.3 Å². The van der Waals surface area contributed by atoms with Crippen molar-refractivity contribution < 1.29 is 4.79 Å². The maximum atomic E-state index is 12.9. The number of H-pyrrole nitrogens is 1. The van der Waals surface area contributed by atoms with Crippen LogP contribution in [0.1, 0.15) is 43.2 Å². The highest BCUT2D eigenvalue weighted by atomic mass is 32.1. The Morgan fingerprint density at radius 3 is 3.00 bits per heavy atom. The Labute approximate surface area is 129 Å². The quantitative estimate of drug-likeness (QED) is 0.947. The minimum atomic E-state index is -0.440. The number of carbonyl (C=O) groups excluding carboxylic acids is 1. The maximum absolute atomic E-state index is 12.9. The topological polar surface area (TPSA) is 49.0 Å². The zero-order valence-electron chi connectivity index (χ0n) is 12.5. The SMILES string of the molecule is CC(C)(C(=O)N1CCC[C@H](c2ccn[nH]2)C1)c1cccs1. The monoisotopic (exact) mass is 303 g/mol. The highest BCUT2D eigenvalue weighted by molar-refractivity contribution is 7.10. The second-order valence-electron chi connectivity index (χ2n) is 6.20. The van der Waals surface area contributed by atoms with E-state index in [1.54, 1.807) is 17.5 Å². The molecule has 1 saturated heterocycles. The first-order valence-electron chi connectivity index (χ1n) is 7.41. The molecule has 21 heavy (non-hydrogen) atoms. The number of piperidine rings is 1. The average Bonchev–Trinajstić information content (AvgIpc) is 3.19. The fraction of sp³-hybridized carbons (Fsp3) is 0.500. The zero-order valence-corrected chi connectivity index (χ0v) is 13.3. The first-order chi connectivity index (χ1) is 10.1. The summed E-state index contributed by atoms with van der Waals surface area (Å²) in [5.41, 5.74) is 0.700. The van der Waals surface area contributed by atoms with Gasteiger partial charge in [-0.1, -0.05) is 6.07 Å². The van der Waals surface area contributed by atoms with Crippen molar-refractivity contribution >= 4 is 17.2 Å². The van der Waals surface area contributed by atoms with Crippen LogP contribution in [0.4, 0.5) is 0 Å². The molecule has 112 valence electrons. The Bertz CT molecular complexity index is 589. The summed E-state index contributed by atoms with van der Waals surface area (Å²) in [6, 6.07) is 6.08. The van der Waals surface area contributed by atoms with Gasteiger partial charge in [0.1, 0.15) is 0 Å². The third-order valence-electron chi connectivity index (χ3n) is 4.34. The molecule has 0 saturated carbocycles. The van der Waals surface area contributed by atoms with Gasteiger partial charge in [-0.3, -0.25) is 9.89 Å². The summed E-state index contributed by atoms with van der Waals surface area (Å²) in [4.78, 5) is 16.1. The van der Waals surface area contributed by atoms with Gasteiger partial charge in [-0.25, -0.2) is 0 Å². The molecule has 1 N–H and O–H groups in total. The second kappa shape index (κ2) is 5.64. The van der Waals surface area contributed by atoms with Gasteiger partial charge in [-0.05, 0) is 44.2 Å². The molecule has 1 amide bonds. The lowest BCUT2D eigenvalue weighted by molar-refractivity contribution is -0.137. The highest BCUT2D eigenvalue weighted by Crippen LogP contribution is 2.33. The van der Waals surface area contributed by atoms with E-state index in [1.807, 2.05) is 36.3 Å². The van der Waals surface area contributed by atoms with Gasteiger partial charge in [0.2, 0.25) is 5.91 Å². The first kappa shape index (κ1) is 14.3. The second-order valence-corrected chi connectivity index (χ2v) is 7.15. The average molecular weight is 303 g/mol. The van der Waals surface area contributed by atoms with Crippen molar-refractivity contribution in [2.24, 2.45) is 0 Å². The predicted molar refractivity (Wildman–Crippen MR) is 84.5 cm³/mol. The molecule has 4 nitrogen and oxygen atoms in total.